The van der Waals surface area contributed by atoms with Crippen LogP contribution in [0.2, 0.25) is 0 Å². The number of aryl methyl sites for hydroxylation is 4. The lowest BCUT2D eigenvalue weighted by atomic mass is 9.95. The van der Waals surface area contributed by atoms with Gasteiger partial charge in [0.1, 0.15) is 18.2 Å². The zero-order valence-corrected chi connectivity index (χ0v) is 36.3. The average Bonchev–Trinajstić information content (AvgIpc) is 3.70. The van der Waals surface area contributed by atoms with Crippen LogP contribution >= 0.6 is 0 Å². The van der Waals surface area contributed by atoms with Crippen LogP contribution in [-0.4, -0.2) is 82.9 Å². The van der Waals surface area contributed by atoms with Crippen LogP contribution in [0.5, 0.6) is 0 Å². The summed E-state index contributed by atoms with van der Waals surface area (Å²) in [5.41, 5.74) is 18.3. The molecule has 1 aromatic heterocycles. The highest BCUT2D eigenvalue weighted by Gasteiger charge is 2.45. The highest BCUT2D eigenvalue weighted by Crippen LogP contribution is 2.41. The third kappa shape index (κ3) is 9.61. The number of piperidine rings is 1. The molecule has 0 aliphatic carbocycles. The predicted octanol–water partition coefficient (Wildman–Crippen LogP) is 1.96. The molecule has 63 heavy (non-hydrogen) atoms. The van der Waals surface area contributed by atoms with Crippen molar-refractivity contribution in [2.45, 2.75) is 119 Å². The van der Waals surface area contributed by atoms with E-state index in [2.05, 4.69) is 22.8 Å². The van der Waals surface area contributed by atoms with E-state index in [4.69, 9.17) is 11.5 Å². The largest absolute Gasteiger partial charge is 0.370 e. The predicted molar refractivity (Wildman–Crippen MR) is 234 cm³/mol. The Hall–Kier alpha value is -6.14. The first kappa shape index (κ1) is 44.9. The smallest absolute Gasteiger partial charge is 0.329 e. The Balaban J connectivity index is 1.00. The number of nitrogens with one attached hydrogen (secondary N) is 2. The van der Waals surface area contributed by atoms with Crippen molar-refractivity contribution in [2.75, 3.05) is 11.2 Å². The van der Waals surface area contributed by atoms with Gasteiger partial charge in [-0.2, -0.15) is 0 Å². The Bertz CT molecular complexity index is 2640. The summed E-state index contributed by atoms with van der Waals surface area (Å²) in [7, 11) is -1.73. The van der Waals surface area contributed by atoms with Crippen LogP contribution in [0.3, 0.4) is 0 Å². The molecule has 6 amide bonds. The summed E-state index contributed by atoms with van der Waals surface area (Å²) >= 11 is 0. The monoisotopic (exact) mass is 882 g/mol. The fourth-order valence-electron chi connectivity index (χ4n) is 9.19. The third-order valence-corrected chi connectivity index (χ3v) is 13.6. The molecule has 17 nitrogen and oxygen atoms in total. The number of fused-ring (bicyclic) bond motifs is 1. The van der Waals surface area contributed by atoms with Gasteiger partial charge in [-0.1, -0.05) is 43.2 Å². The number of unbranched alkanes of at least 4 members (excludes halogenated alkanes) is 3. The molecule has 4 heterocycles. The Kier molecular flexibility index (Phi) is 13.3. The molecule has 3 aliphatic heterocycles. The molecule has 6 N–H and O–H groups in total. The summed E-state index contributed by atoms with van der Waals surface area (Å²) in [5, 5.41) is 5.15. The maximum Gasteiger partial charge on any atom is 0.329 e. The van der Waals surface area contributed by atoms with Gasteiger partial charge in [0.05, 0.1) is 27.7 Å². The van der Waals surface area contributed by atoms with Crippen molar-refractivity contribution in [3.63, 3.8) is 0 Å². The van der Waals surface area contributed by atoms with Gasteiger partial charge in [0, 0.05) is 39.1 Å². The van der Waals surface area contributed by atoms with E-state index in [1.807, 2.05) is 18.2 Å². The number of nitrogens with two attached hydrogens (primary N) is 2. The van der Waals surface area contributed by atoms with Gasteiger partial charge >= 0.3 is 5.69 Å². The van der Waals surface area contributed by atoms with Crippen LogP contribution in [0.25, 0.3) is 11.0 Å². The minimum atomic E-state index is -3.41. The number of imide groups is 1. The van der Waals surface area contributed by atoms with Gasteiger partial charge in [-0.05, 0) is 103 Å². The molecule has 0 spiro atoms. The molecular weight excluding hydrogens is 829 g/mol. The van der Waals surface area contributed by atoms with Crippen LogP contribution in [0, 0.1) is 0 Å². The molecule has 1 unspecified atom stereocenters. The SMILES string of the molecule is Cn1c(=O)n(C2CCC(=O)NC2=O)c2ccc(CCCCCCc3cc4c5c(c3)C[C@@H](N(C=O)[C@@H](CCC(N)=O)C(=O)NCc3ccc(S(C)(=O)=O)cc3)N5C(=O)[C@@H](N)CC4)cc21. The molecule has 3 aliphatic rings. The van der Waals surface area contributed by atoms with Crippen molar-refractivity contribution in [1.82, 2.24) is 24.7 Å². The zero-order valence-electron chi connectivity index (χ0n) is 35.5. The first-order valence-electron chi connectivity index (χ1n) is 21.4. The number of hydrogen-bond donors (Lipinski definition) is 4. The second-order valence-electron chi connectivity index (χ2n) is 16.9. The molecule has 4 atom stereocenters. The highest BCUT2D eigenvalue weighted by molar-refractivity contribution is 7.90. The fourth-order valence-corrected chi connectivity index (χ4v) is 9.82. The number of carbonyl (C=O) groups is 6. The number of rotatable bonds is 18. The van der Waals surface area contributed by atoms with Gasteiger partial charge in [-0.15, -0.1) is 0 Å². The normalized spacial score (nSPS) is 19.1. The molecule has 0 saturated carbocycles. The maximum atomic E-state index is 13.9. The number of sulfone groups is 1. The fraction of sp³-hybridized carbons (Fsp3) is 0.444. The first-order chi connectivity index (χ1) is 30.0. The van der Waals surface area contributed by atoms with Gasteiger partial charge < -0.3 is 21.7 Å². The number of nitrogens with zero attached hydrogens (tertiary/aromatic N) is 4. The number of anilines is 1. The summed E-state index contributed by atoms with van der Waals surface area (Å²) in [4.78, 5) is 93.1. The number of imidazole rings is 1. The van der Waals surface area contributed by atoms with E-state index in [0.29, 0.717) is 36.0 Å². The van der Waals surface area contributed by atoms with Crippen LogP contribution in [0.4, 0.5) is 5.69 Å². The summed E-state index contributed by atoms with van der Waals surface area (Å²) in [6.07, 6.45) is 7.56. The number of amides is 6. The van der Waals surface area contributed by atoms with E-state index in [0.717, 1.165) is 72.6 Å². The van der Waals surface area contributed by atoms with E-state index in [1.165, 1.54) is 21.6 Å². The lowest BCUT2D eigenvalue weighted by molar-refractivity contribution is -0.137. The second-order valence-corrected chi connectivity index (χ2v) is 18.9. The third-order valence-electron chi connectivity index (χ3n) is 12.5. The van der Waals surface area contributed by atoms with Crippen LogP contribution in [-0.2, 0) is 77.9 Å². The molecule has 1 fully saturated rings. The quantitative estimate of drug-likeness (QED) is 0.0643. The van der Waals surface area contributed by atoms with E-state index >= 15 is 0 Å². The maximum absolute atomic E-state index is 13.9. The van der Waals surface area contributed by atoms with Crippen molar-refractivity contribution in [3.05, 3.63) is 92.9 Å². The molecular formula is C45H54N8O9S. The standard InChI is InChI=1S/C45H54N8O9S/c1-50-37-23-27(11-16-34(37)52(45(50)60)36-18-20-39(56)49-43(36)58)7-5-3-4-6-8-29-21-30-12-15-33(46)44(59)53-40(24-31(22-29)41(30)53)51(26-54)35(17-19-38(47)55)42(57)48-25-28-9-13-32(14-10-28)63(2,61)62/h9-11,13-14,16,21-23,26,33,35-36,40H,3-8,12,15,17-20,24-25,46H2,1-2H3,(H2,47,55)(H,48,57)(H,49,56,58)/t33-,35-,36?,40-/m0/s1. The first-order valence-corrected chi connectivity index (χ1v) is 23.3. The van der Waals surface area contributed by atoms with Crippen molar-refractivity contribution in [2.24, 2.45) is 18.5 Å². The van der Waals surface area contributed by atoms with Gasteiger partial charge in [0.2, 0.25) is 35.9 Å². The van der Waals surface area contributed by atoms with Crippen LogP contribution in [0.15, 0.2) is 64.3 Å². The van der Waals surface area contributed by atoms with Gasteiger partial charge in [0.25, 0.3) is 0 Å². The zero-order chi connectivity index (χ0) is 45.2. The number of benzene rings is 3. The minimum Gasteiger partial charge on any atom is -0.370 e. The van der Waals surface area contributed by atoms with E-state index in [1.54, 1.807) is 28.6 Å². The number of primary amides is 1. The van der Waals surface area contributed by atoms with Crippen LogP contribution < -0.4 is 32.7 Å². The van der Waals surface area contributed by atoms with E-state index in [9.17, 15) is 42.0 Å². The summed E-state index contributed by atoms with van der Waals surface area (Å²) in [5.74, 6) is -2.37. The molecule has 0 bridgehead atoms. The van der Waals surface area contributed by atoms with Crippen molar-refractivity contribution >= 4 is 62.5 Å². The molecule has 0 radical (unpaired) electrons. The van der Waals surface area contributed by atoms with Crippen LogP contribution in [0.1, 0.15) is 91.6 Å². The van der Waals surface area contributed by atoms with Gasteiger partial charge in [-0.3, -0.25) is 48.1 Å². The van der Waals surface area contributed by atoms with Gasteiger partial charge in [-0.25, -0.2) is 13.2 Å². The summed E-state index contributed by atoms with van der Waals surface area (Å²) in [6.45, 7) is 0.0232. The Morgan fingerprint density at radius 2 is 1.59 bits per heavy atom. The molecule has 3 aromatic carbocycles. The Morgan fingerprint density at radius 3 is 2.25 bits per heavy atom. The number of aromatic nitrogens is 2. The topological polar surface area (TPSA) is 246 Å². The lowest BCUT2D eigenvalue weighted by Gasteiger charge is -2.38. The second kappa shape index (κ2) is 18.7. The molecule has 1 saturated heterocycles. The minimum absolute atomic E-state index is 0.0232. The molecule has 4 aromatic rings. The summed E-state index contributed by atoms with van der Waals surface area (Å²) in [6, 6.07) is 13.4. The van der Waals surface area contributed by atoms with Crippen molar-refractivity contribution in [3.8, 4) is 0 Å². The summed E-state index contributed by atoms with van der Waals surface area (Å²) < 4.78 is 26.8. The number of hydrogen-bond acceptors (Lipinski definition) is 10. The Labute approximate surface area is 365 Å². The van der Waals surface area contributed by atoms with Crippen molar-refractivity contribution < 1.29 is 37.2 Å². The molecule has 18 heteroatoms. The highest BCUT2D eigenvalue weighted by atomic mass is 32.2. The number of carbonyl (C=O) groups excluding carboxylic acids is 6. The average molecular weight is 883 g/mol. The lowest BCUT2D eigenvalue weighted by Crippen LogP contribution is -2.59. The van der Waals surface area contributed by atoms with E-state index in [-0.39, 0.29) is 61.0 Å². The van der Waals surface area contributed by atoms with Crippen molar-refractivity contribution in [1.29, 1.82) is 0 Å². The Morgan fingerprint density at radius 1 is 0.905 bits per heavy atom. The molecule has 7 rings (SSSR count). The molecule has 334 valence electrons. The van der Waals surface area contributed by atoms with E-state index < -0.39 is 51.9 Å². The van der Waals surface area contributed by atoms with Gasteiger partial charge in [0.15, 0.2) is 9.84 Å².